The molecule has 0 radical (unpaired) electrons. The number of phenols is 1. The molecule has 0 atom stereocenters. The van der Waals surface area contributed by atoms with Gasteiger partial charge in [-0.2, -0.15) is 0 Å². The highest BCUT2D eigenvalue weighted by Gasteiger charge is 2.16. The van der Waals surface area contributed by atoms with Gasteiger partial charge in [0.25, 0.3) is 0 Å². The number of phenolic OH excluding ortho intramolecular Hbond substituents is 1. The number of hydrogen-bond acceptors (Lipinski definition) is 1. The van der Waals surface area contributed by atoms with Crippen LogP contribution in [0.3, 0.4) is 0 Å². The van der Waals surface area contributed by atoms with Crippen molar-refractivity contribution < 1.29 is 5.11 Å². The van der Waals surface area contributed by atoms with Gasteiger partial charge in [0.15, 0.2) is 0 Å². The average Bonchev–Trinajstić information content (AvgIpc) is 1.86. The molecule has 0 bridgehead atoms. The van der Waals surface area contributed by atoms with Crippen LogP contribution in [0, 0.1) is 0 Å². The van der Waals surface area contributed by atoms with E-state index in [0.29, 0.717) is 5.75 Å². The molecule has 0 saturated heterocycles. The van der Waals surface area contributed by atoms with Gasteiger partial charge in [0.2, 0.25) is 0 Å². The van der Waals surface area contributed by atoms with Gasteiger partial charge in [-0.15, -0.1) is 0 Å². The van der Waals surface area contributed by atoms with E-state index >= 15 is 0 Å². The van der Waals surface area contributed by atoms with Gasteiger partial charge in [-0.25, -0.2) is 0 Å². The summed E-state index contributed by atoms with van der Waals surface area (Å²) in [6, 6.07) is 7.30. The Morgan fingerprint density at radius 1 is 1.18 bits per heavy atom. The highest BCUT2D eigenvalue weighted by atomic mass is 127. The smallest absolute Gasteiger partial charge is 0.115 e. The first kappa shape index (κ1) is 9.57. The number of benzene rings is 1. The summed E-state index contributed by atoms with van der Waals surface area (Å²) < 4.78 is 0.114. The highest BCUT2D eigenvalue weighted by Crippen LogP contribution is 2.38. The van der Waals surface area contributed by atoms with Crippen LogP contribution in [0.4, 0.5) is 0 Å². The molecule has 60 valence electrons. The van der Waals surface area contributed by atoms with Gasteiger partial charge in [0.05, 0.1) is 1.43 Å². The van der Waals surface area contributed by atoms with Crippen LogP contribution in [0.1, 0.15) is 12.5 Å². The zero-order valence-electron chi connectivity index (χ0n) is 6.01. The van der Waals surface area contributed by atoms with Crippen molar-refractivity contribution in [1.29, 1.82) is 0 Å². The maximum absolute atomic E-state index is 9.02. The van der Waals surface area contributed by atoms with Crippen LogP contribution >= 0.6 is 45.2 Å². The third kappa shape index (κ3) is 2.77. The van der Waals surface area contributed by atoms with Gasteiger partial charge < -0.3 is 5.11 Å². The predicted molar refractivity (Wildman–Crippen MR) is 63.5 cm³/mol. The van der Waals surface area contributed by atoms with Crippen molar-refractivity contribution in [1.82, 2.24) is 0 Å². The SMILES string of the molecule is CC(I)(I)c1ccc(O)cc1. The fraction of sp³-hybridized carbons (Fsp3) is 0.250. The number of aromatic hydroxyl groups is 1. The van der Waals surface area contributed by atoms with E-state index in [1.807, 2.05) is 12.1 Å². The minimum absolute atomic E-state index is 0.114. The van der Waals surface area contributed by atoms with Crippen molar-refractivity contribution in [3.8, 4) is 5.75 Å². The van der Waals surface area contributed by atoms with Gasteiger partial charge >= 0.3 is 0 Å². The Kier molecular flexibility index (Phi) is 3.02. The van der Waals surface area contributed by atoms with E-state index in [1.165, 1.54) is 5.56 Å². The number of rotatable bonds is 1. The van der Waals surface area contributed by atoms with E-state index in [1.54, 1.807) is 12.1 Å². The molecule has 3 heteroatoms. The normalized spacial score (nSPS) is 11.5. The first-order valence-corrected chi connectivity index (χ1v) is 5.33. The van der Waals surface area contributed by atoms with Crippen molar-refractivity contribution in [3.05, 3.63) is 29.8 Å². The molecular formula is C8H8I2O. The second kappa shape index (κ2) is 3.47. The van der Waals surface area contributed by atoms with Crippen LogP contribution < -0.4 is 0 Å². The fourth-order valence-electron chi connectivity index (χ4n) is 0.754. The minimum Gasteiger partial charge on any atom is -0.508 e. The molecule has 0 aliphatic heterocycles. The Bertz CT molecular complexity index is 235. The van der Waals surface area contributed by atoms with Crippen LogP contribution in [0.5, 0.6) is 5.75 Å². The summed E-state index contributed by atoms with van der Waals surface area (Å²) in [6.07, 6.45) is 0. The summed E-state index contributed by atoms with van der Waals surface area (Å²) in [6.45, 7) is 2.13. The molecule has 11 heavy (non-hydrogen) atoms. The first-order chi connectivity index (χ1) is 5.00. The van der Waals surface area contributed by atoms with Gasteiger partial charge in [0, 0.05) is 0 Å². The molecule has 0 aromatic heterocycles. The lowest BCUT2D eigenvalue weighted by molar-refractivity contribution is 0.475. The van der Waals surface area contributed by atoms with Crippen LogP contribution in [0.25, 0.3) is 0 Å². The Morgan fingerprint density at radius 2 is 1.64 bits per heavy atom. The molecule has 0 unspecified atom stereocenters. The molecule has 0 saturated carbocycles. The van der Waals surface area contributed by atoms with Gasteiger partial charge in [0.1, 0.15) is 5.75 Å². The summed E-state index contributed by atoms with van der Waals surface area (Å²) >= 11 is 4.72. The quantitative estimate of drug-likeness (QED) is 0.590. The lowest BCUT2D eigenvalue weighted by atomic mass is 10.2. The molecule has 1 N–H and O–H groups in total. The van der Waals surface area contributed by atoms with Gasteiger partial charge in [-0.3, -0.25) is 0 Å². The van der Waals surface area contributed by atoms with E-state index in [9.17, 15) is 0 Å². The standard InChI is InChI=1S/C8H8I2O/c1-8(9,10)6-2-4-7(11)5-3-6/h2-5,11H,1H3. The molecule has 1 rings (SSSR count). The number of hydrogen-bond donors (Lipinski definition) is 1. The van der Waals surface area contributed by atoms with Crippen LogP contribution in [0.15, 0.2) is 24.3 Å². The largest absolute Gasteiger partial charge is 0.508 e. The summed E-state index contributed by atoms with van der Waals surface area (Å²) in [5, 5.41) is 9.02. The van der Waals surface area contributed by atoms with E-state index in [0.717, 1.165) is 0 Å². The molecule has 0 spiro atoms. The molecule has 0 amide bonds. The topological polar surface area (TPSA) is 20.2 Å². The lowest BCUT2D eigenvalue weighted by Gasteiger charge is -2.13. The summed E-state index contributed by atoms with van der Waals surface area (Å²) in [5.74, 6) is 0.325. The predicted octanol–water partition coefficient (Wildman–Crippen LogP) is 3.43. The monoisotopic (exact) mass is 374 g/mol. The number of alkyl halides is 2. The van der Waals surface area contributed by atoms with Crippen molar-refractivity contribution in [2.75, 3.05) is 0 Å². The lowest BCUT2D eigenvalue weighted by Crippen LogP contribution is -2.00. The summed E-state index contributed by atoms with van der Waals surface area (Å²) in [7, 11) is 0. The van der Waals surface area contributed by atoms with Crippen molar-refractivity contribution in [2.24, 2.45) is 0 Å². The van der Waals surface area contributed by atoms with E-state index in [2.05, 4.69) is 52.1 Å². The van der Waals surface area contributed by atoms with Gasteiger partial charge in [-0.1, -0.05) is 57.3 Å². The Morgan fingerprint density at radius 3 is 2.00 bits per heavy atom. The molecular weight excluding hydrogens is 366 g/mol. The first-order valence-electron chi connectivity index (χ1n) is 3.17. The van der Waals surface area contributed by atoms with E-state index in [-0.39, 0.29) is 1.43 Å². The number of halogens is 2. The Balaban J connectivity index is 2.99. The highest BCUT2D eigenvalue weighted by molar-refractivity contribution is 14.2. The molecule has 1 aromatic rings. The fourth-order valence-corrected chi connectivity index (χ4v) is 1.47. The molecule has 0 aliphatic carbocycles. The molecule has 0 fully saturated rings. The second-order valence-corrected chi connectivity index (χ2v) is 8.81. The summed E-state index contributed by atoms with van der Waals surface area (Å²) in [5.41, 5.74) is 1.22. The van der Waals surface area contributed by atoms with Gasteiger partial charge in [-0.05, 0) is 24.6 Å². The molecule has 0 aliphatic rings. The van der Waals surface area contributed by atoms with Crippen LogP contribution in [0.2, 0.25) is 0 Å². The van der Waals surface area contributed by atoms with Crippen molar-refractivity contribution in [2.45, 2.75) is 8.35 Å². The molecule has 0 heterocycles. The zero-order valence-corrected chi connectivity index (χ0v) is 10.3. The van der Waals surface area contributed by atoms with Crippen molar-refractivity contribution in [3.63, 3.8) is 0 Å². The van der Waals surface area contributed by atoms with Crippen LogP contribution in [-0.2, 0) is 1.43 Å². The average molecular weight is 374 g/mol. The third-order valence-corrected chi connectivity index (χ3v) is 2.62. The minimum atomic E-state index is 0.114. The Hall–Kier alpha value is 0.480. The molecule has 1 aromatic carbocycles. The summed E-state index contributed by atoms with van der Waals surface area (Å²) in [4.78, 5) is 0. The zero-order chi connectivity index (χ0) is 8.48. The van der Waals surface area contributed by atoms with E-state index in [4.69, 9.17) is 5.11 Å². The maximum Gasteiger partial charge on any atom is 0.115 e. The van der Waals surface area contributed by atoms with E-state index < -0.39 is 0 Å². The second-order valence-electron chi connectivity index (χ2n) is 2.44. The Labute approximate surface area is 93.5 Å². The maximum atomic E-state index is 9.02. The van der Waals surface area contributed by atoms with Crippen LogP contribution in [-0.4, -0.2) is 5.11 Å². The van der Waals surface area contributed by atoms with Crippen molar-refractivity contribution >= 4 is 45.2 Å². The third-order valence-electron chi connectivity index (χ3n) is 1.37. The molecule has 1 nitrogen and oxygen atoms in total.